The third-order valence-corrected chi connectivity index (χ3v) is 17.9. The predicted molar refractivity (Wildman–Crippen MR) is 286 cm³/mol. The van der Waals surface area contributed by atoms with Gasteiger partial charge in [0.1, 0.15) is 0 Å². The standard InChI is InChI=1S/C66H77N/c1-66(58-36-30-52(31-37-58)48-20-14-8-15-21-48)64-29-19-18-28-62(64)63-43-42-61(47-65(63)66)67(59-38-32-53(33-39-59)49-22-16-9-17-23-49)60-40-34-54(35-41-60)57-45-55(50-24-10-4-2-5-11-25-50)44-56(46-57)51-26-12-6-3-7-13-27-51/h18-19,28-51H,2-17,20-27H2,1H3. The fourth-order valence-corrected chi connectivity index (χ4v) is 13.9. The molecule has 0 spiro atoms. The summed E-state index contributed by atoms with van der Waals surface area (Å²) >= 11 is 0. The number of hydrogen-bond donors (Lipinski definition) is 0. The highest BCUT2D eigenvalue weighted by Gasteiger charge is 2.41. The van der Waals surface area contributed by atoms with Crippen molar-refractivity contribution in [2.24, 2.45) is 0 Å². The van der Waals surface area contributed by atoms with Gasteiger partial charge in [-0.3, -0.25) is 0 Å². The van der Waals surface area contributed by atoms with E-state index in [4.69, 9.17) is 0 Å². The van der Waals surface area contributed by atoms with Crippen molar-refractivity contribution < 1.29 is 0 Å². The molecule has 0 aliphatic heterocycles. The van der Waals surface area contributed by atoms with Gasteiger partial charge in [0, 0.05) is 22.5 Å². The molecule has 6 aromatic carbocycles. The lowest BCUT2D eigenvalue weighted by Gasteiger charge is -2.31. The third kappa shape index (κ3) is 9.35. The molecular formula is C66H77N. The molecule has 4 saturated carbocycles. The summed E-state index contributed by atoms with van der Waals surface area (Å²) in [5.74, 6) is 2.76. The van der Waals surface area contributed by atoms with E-state index in [1.165, 1.54) is 221 Å². The van der Waals surface area contributed by atoms with Gasteiger partial charge in [0.25, 0.3) is 0 Å². The monoisotopic (exact) mass is 884 g/mol. The number of anilines is 3. The van der Waals surface area contributed by atoms with Crippen molar-refractivity contribution in [3.63, 3.8) is 0 Å². The molecule has 1 atom stereocenters. The maximum atomic E-state index is 2.68. The molecule has 0 saturated heterocycles. The smallest absolute Gasteiger partial charge is 0.0465 e. The summed E-state index contributed by atoms with van der Waals surface area (Å²) in [6, 6.07) is 53.8. The normalized spacial score (nSPS) is 21.4. The quantitative estimate of drug-likeness (QED) is 0.140. The van der Waals surface area contributed by atoms with Crippen molar-refractivity contribution in [3.05, 3.63) is 172 Å². The second-order valence-electron chi connectivity index (χ2n) is 22.1. The summed E-state index contributed by atoms with van der Waals surface area (Å²) < 4.78 is 0. The average Bonchev–Trinajstić information content (AvgIpc) is 3.62. The first-order valence-corrected chi connectivity index (χ1v) is 27.6. The van der Waals surface area contributed by atoms with Gasteiger partial charge in [-0.2, -0.15) is 0 Å². The van der Waals surface area contributed by atoms with E-state index in [0.717, 1.165) is 0 Å². The largest absolute Gasteiger partial charge is 0.310 e. The summed E-state index contributed by atoms with van der Waals surface area (Å²) in [5, 5.41) is 0. The topological polar surface area (TPSA) is 3.24 Å². The number of nitrogens with zero attached hydrogens (tertiary/aromatic N) is 1. The SMILES string of the molecule is CC1(c2ccc(C3CCCCC3)cc2)c2ccccc2-c2ccc(N(c3ccc(-c4cc(C5CCCCCCC5)cc(C5CCCCCCC5)c4)cc3)c3ccc(C4CCCCC4)cc3)cc21. The first kappa shape index (κ1) is 44.6. The van der Waals surface area contributed by atoms with E-state index in [2.05, 4.69) is 145 Å². The molecule has 11 rings (SSSR count). The van der Waals surface area contributed by atoms with Crippen LogP contribution in [0.15, 0.2) is 133 Å². The van der Waals surface area contributed by atoms with E-state index in [-0.39, 0.29) is 5.41 Å². The minimum atomic E-state index is -0.261. The minimum Gasteiger partial charge on any atom is -0.310 e. The van der Waals surface area contributed by atoms with Crippen LogP contribution >= 0.6 is 0 Å². The highest BCUT2D eigenvalue weighted by molar-refractivity contribution is 5.87. The molecule has 1 heteroatoms. The number of fused-ring (bicyclic) bond motifs is 3. The average molecular weight is 884 g/mol. The molecular weight excluding hydrogens is 807 g/mol. The van der Waals surface area contributed by atoms with Gasteiger partial charge >= 0.3 is 0 Å². The predicted octanol–water partition coefficient (Wildman–Crippen LogP) is 19.9. The molecule has 0 N–H and O–H groups in total. The van der Waals surface area contributed by atoms with Crippen LogP contribution in [0.5, 0.6) is 0 Å². The maximum absolute atomic E-state index is 2.68. The fourth-order valence-electron chi connectivity index (χ4n) is 13.9. The zero-order valence-electron chi connectivity index (χ0n) is 40.9. The highest BCUT2D eigenvalue weighted by Crippen LogP contribution is 2.54. The zero-order valence-corrected chi connectivity index (χ0v) is 40.9. The molecule has 0 radical (unpaired) electrons. The van der Waals surface area contributed by atoms with E-state index >= 15 is 0 Å². The molecule has 0 amide bonds. The van der Waals surface area contributed by atoms with E-state index in [9.17, 15) is 0 Å². The number of benzene rings is 6. The summed E-state index contributed by atoms with van der Waals surface area (Å²) in [7, 11) is 0. The van der Waals surface area contributed by atoms with Crippen molar-refractivity contribution in [1.29, 1.82) is 0 Å². The van der Waals surface area contributed by atoms with Crippen LogP contribution in [0.4, 0.5) is 17.1 Å². The van der Waals surface area contributed by atoms with E-state index in [1.54, 1.807) is 11.1 Å². The van der Waals surface area contributed by atoms with Gasteiger partial charge in [-0.15, -0.1) is 0 Å². The van der Waals surface area contributed by atoms with Crippen molar-refractivity contribution >= 4 is 17.1 Å². The molecule has 0 bridgehead atoms. The van der Waals surface area contributed by atoms with Gasteiger partial charge in [0.05, 0.1) is 0 Å². The summed E-state index contributed by atoms with van der Waals surface area (Å²) in [4.78, 5) is 2.55. The second kappa shape index (κ2) is 20.4. The van der Waals surface area contributed by atoms with Crippen LogP contribution in [-0.2, 0) is 5.41 Å². The van der Waals surface area contributed by atoms with Gasteiger partial charge in [-0.05, 0) is 180 Å². The lowest BCUT2D eigenvalue weighted by Crippen LogP contribution is -2.23. The first-order chi connectivity index (χ1) is 33.1. The maximum Gasteiger partial charge on any atom is 0.0465 e. The van der Waals surface area contributed by atoms with Crippen LogP contribution in [0.3, 0.4) is 0 Å². The molecule has 5 aliphatic carbocycles. The number of hydrogen-bond acceptors (Lipinski definition) is 1. The van der Waals surface area contributed by atoms with Crippen LogP contribution in [0.1, 0.15) is 224 Å². The molecule has 1 nitrogen and oxygen atoms in total. The fraction of sp³-hybridized carbons (Fsp3) is 0.455. The Balaban J connectivity index is 0.983. The Bertz CT molecular complexity index is 2510. The van der Waals surface area contributed by atoms with Crippen molar-refractivity contribution in [3.8, 4) is 22.3 Å². The Kier molecular flexibility index (Phi) is 13.6. The first-order valence-electron chi connectivity index (χ1n) is 27.6. The molecule has 67 heavy (non-hydrogen) atoms. The van der Waals surface area contributed by atoms with Crippen LogP contribution in [0.2, 0.25) is 0 Å². The molecule has 1 unspecified atom stereocenters. The van der Waals surface area contributed by atoms with Crippen LogP contribution < -0.4 is 4.90 Å². The van der Waals surface area contributed by atoms with E-state index in [1.807, 2.05) is 0 Å². The second-order valence-corrected chi connectivity index (χ2v) is 22.1. The Morgan fingerprint density at radius 3 is 1.25 bits per heavy atom. The van der Waals surface area contributed by atoms with Gasteiger partial charge < -0.3 is 4.90 Å². The Morgan fingerprint density at radius 2 is 0.731 bits per heavy atom. The van der Waals surface area contributed by atoms with Gasteiger partial charge in [0.15, 0.2) is 0 Å². The number of rotatable bonds is 9. The van der Waals surface area contributed by atoms with Crippen molar-refractivity contribution in [2.75, 3.05) is 4.90 Å². The van der Waals surface area contributed by atoms with Crippen LogP contribution in [0, 0.1) is 0 Å². The van der Waals surface area contributed by atoms with Crippen LogP contribution in [0.25, 0.3) is 22.3 Å². The molecule has 346 valence electrons. The summed E-state index contributed by atoms with van der Waals surface area (Å²) in [6.07, 6.45) is 32.8. The highest BCUT2D eigenvalue weighted by atomic mass is 15.1. The molecule has 0 heterocycles. The Labute approximate surface area is 404 Å². The molecule has 6 aromatic rings. The van der Waals surface area contributed by atoms with Crippen molar-refractivity contribution in [1.82, 2.24) is 0 Å². The van der Waals surface area contributed by atoms with Crippen molar-refractivity contribution in [2.45, 2.75) is 190 Å². The van der Waals surface area contributed by atoms with Gasteiger partial charge in [-0.1, -0.05) is 200 Å². The van der Waals surface area contributed by atoms with E-state index < -0.39 is 0 Å². The minimum absolute atomic E-state index is 0.261. The summed E-state index contributed by atoms with van der Waals surface area (Å²) in [5.41, 5.74) is 19.4. The zero-order chi connectivity index (χ0) is 45.0. The molecule has 0 aromatic heterocycles. The summed E-state index contributed by atoms with van der Waals surface area (Å²) in [6.45, 7) is 2.49. The van der Waals surface area contributed by atoms with E-state index in [0.29, 0.717) is 23.7 Å². The van der Waals surface area contributed by atoms with Crippen LogP contribution in [-0.4, -0.2) is 0 Å². The lowest BCUT2D eigenvalue weighted by atomic mass is 9.73. The lowest BCUT2D eigenvalue weighted by molar-refractivity contribution is 0.443. The third-order valence-electron chi connectivity index (χ3n) is 17.9. The van der Waals surface area contributed by atoms with Gasteiger partial charge in [-0.25, -0.2) is 0 Å². The Hall–Kier alpha value is -4.88. The molecule has 4 fully saturated rings. The van der Waals surface area contributed by atoms with Gasteiger partial charge in [0.2, 0.25) is 0 Å². The Morgan fingerprint density at radius 1 is 0.328 bits per heavy atom. The molecule has 5 aliphatic rings.